The highest BCUT2D eigenvalue weighted by Gasteiger charge is 2.28. The van der Waals surface area contributed by atoms with Gasteiger partial charge < -0.3 is 10.5 Å². The molecule has 0 spiro atoms. The van der Waals surface area contributed by atoms with E-state index in [2.05, 4.69) is 37.8 Å². The number of benzene rings is 1. The second-order valence-electron chi connectivity index (χ2n) is 6.39. The van der Waals surface area contributed by atoms with Crippen molar-refractivity contribution >= 4 is 17.2 Å². The van der Waals surface area contributed by atoms with Crippen molar-refractivity contribution in [2.24, 2.45) is 17.6 Å². The van der Waals surface area contributed by atoms with Crippen LogP contribution in [0.1, 0.15) is 38.3 Å². The maximum atomic E-state index is 5.72. The van der Waals surface area contributed by atoms with Crippen molar-refractivity contribution in [3.63, 3.8) is 0 Å². The summed E-state index contributed by atoms with van der Waals surface area (Å²) in [5, 5.41) is 0. The molecular formula is C17H26N2OS. The molecule has 0 bridgehead atoms. The van der Waals surface area contributed by atoms with E-state index >= 15 is 0 Å². The number of nitrogens with zero attached hydrogens (tertiary/aromatic N) is 1. The number of thiocarbonyl (C=S) groups is 1. The molecule has 1 saturated heterocycles. The monoisotopic (exact) mass is 306 g/mol. The van der Waals surface area contributed by atoms with Crippen LogP contribution in [0.4, 0.5) is 0 Å². The average molecular weight is 306 g/mol. The molecule has 0 aromatic heterocycles. The fraction of sp³-hybridized carbons (Fsp3) is 0.588. The van der Waals surface area contributed by atoms with Gasteiger partial charge in [-0.05, 0) is 42.9 Å². The van der Waals surface area contributed by atoms with Gasteiger partial charge in [-0.2, -0.15) is 0 Å². The lowest BCUT2D eigenvalue weighted by Crippen LogP contribution is -2.45. The average Bonchev–Trinajstić information content (AvgIpc) is 2.43. The van der Waals surface area contributed by atoms with Crippen molar-refractivity contribution in [3.8, 4) is 5.75 Å². The molecule has 1 aliphatic heterocycles. The normalized spacial score (nSPS) is 26.6. The Bertz CT molecular complexity index is 518. The van der Waals surface area contributed by atoms with E-state index in [9.17, 15) is 0 Å². The number of nitrogens with two attached hydrogens (primary N) is 1. The fourth-order valence-corrected chi connectivity index (χ4v) is 3.48. The van der Waals surface area contributed by atoms with Crippen LogP contribution in [0.25, 0.3) is 0 Å². The molecule has 2 N–H and O–H groups in total. The lowest BCUT2D eigenvalue weighted by atomic mass is 9.86. The Kier molecular flexibility index (Phi) is 5.22. The summed E-state index contributed by atoms with van der Waals surface area (Å²) in [6, 6.07) is 6.75. The minimum Gasteiger partial charge on any atom is -0.496 e. The zero-order valence-corrected chi connectivity index (χ0v) is 14.2. The van der Waals surface area contributed by atoms with Gasteiger partial charge in [0.15, 0.2) is 0 Å². The molecule has 3 unspecified atom stereocenters. The second-order valence-corrected chi connectivity index (χ2v) is 6.83. The number of methoxy groups -OCH3 is 1. The number of hydrogen-bond donors (Lipinski definition) is 1. The standard InChI is InChI=1S/C17H26N2OS/c1-11-7-12(2)13(3)19(9-11)10-14-5-6-15(17(18)21)16(8-14)20-4/h5-6,8,11-13H,7,9-10H2,1-4H3,(H2,18,21). The number of likely N-dealkylation sites (tertiary alicyclic amines) is 1. The first-order valence-electron chi connectivity index (χ1n) is 7.63. The van der Waals surface area contributed by atoms with Gasteiger partial charge in [0.05, 0.1) is 12.7 Å². The molecule has 1 aromatic carbocycles. The molecule has 1 heterocycles. The molecular weight excluding hydrogens is 280 g/mol. The third-order valence-electron chi connectivity index (χ3n) is 4.64. The Morgan fingerprint density at radius 1 is 1.38 bits per heavy atom. The maximum Gasteiger partial charge on any atom is 0.129 e. The highest BCUT2D eigenvalue weighted by Crippen LogP contribution is 2.29. The highest BCUT2D eigenvalue weighted by atomic mass is 32.1. The molecule has 1 aromatic rings. The SMILES string of the molecule is COc1cc(CN2CC(C)CC(C)C2C)ccc1C(N)=S. The summed E-state index contributed by atoms with van der Waals surface area (Å²) in [5.74, 6) is 2.27. The molecule has 0 aliphatic carbocycles. The van der Waals surface area contributed by atoms with E-state index in [0.717, 1.165) is 36.2 Å². The summed E-state index contributed by atoms with van der Waals surface area (Å²) >= 11 is 5.06. The van der Waals surface area contributed by atoms with Crippen molar-refractivity contribution in [2.45, 2.75) is 39.8 Å². The summed E-state index contributed by atoms with van der Waals surface area (Å²) in [6.07, 6.45) is 1.32. The van der Waals surface area contributed by atoms with Crippen LogP contribution in [0.15, 0.2) is 18.2 Å². The Balaban J connectivity index is 2.17. The number of ether oxygens (including phenoxy) is 1. The summed E-state index contributed by atoms with van der Waals surface area (Å²) in [5.41, 5.74) is 7.78. The first-order chi connectivity index (χ1) is 9.92. The lowest BCUT2D eigenvalue weighted by molar-refractivity contribution is 0.0729. The van der Waals surface area contributed by atoms with Crippen molar-refractivity contribution in [1.82, 2.24) is 4.90 Å². The van der Waals surface area contributed by atoms with Crippen LogP contribution in [0, 0.1) is 11.8 Å². The van der Waals surface area contributed by atoms with Gasteiger partial charge in [0.2, 0.25) is 0 Å². The number of piperidine rings is 1. The van der Waals surface area contributed by atoms with E-state index in [0.29, 0.717) is 11.0 Å². The molecule has 0 amide bonds. The first kappa shape index (κ1) is 16.2. The van der Waals surface area contributed by atoms with Gasteiger partial charge in [0.25, 0.3) is 0 Å². The van der Waals surface area contributed by atoms with Crippen molar-refractivity contribution in [2.75, 3.05) is 13.7 Å². The molecule has 2 rings (SSSR count). The van der Waals surface area contributed by atoms with Crippen LogP contribution in [0.5, 0.6) is 5.75 Å². The van der Waals surface area contributed by atoms with E-state index in [1.54, 1.807) is 7.11 Å². The van der Waals surface area contributed by atoms with Crippen molar-refractivity contribution < 1.29 is 4.74 Å². The third kappa shape index (κ3) is 3.74. The minimum absolute atomic E-state index is 0.381. The molecule has 4 heteroatoms. The molecule has 21 heavy (non-hydrogen) atoms. The Morgan fingerprint density at radius 2 is 2.10 bits per heavy atom. The minimum atomic E-state index is 0.381. The molecule has 1 fully saturated rings. The van der Waals surface area contributed by atoms with Crippen LogP contribution in [-0.2, 0) is 6.54 Å². The zero-order valence-electron chi connectivity index (χ0n) is 13.4. The number of rotatable bonds is 4. The predicted molar refractivity (Wildman–Crippen MR) is 91.7 cm³/mol. The molecule has 116 valence electrons. The Hall–Kier alpha value is -1.13. The van der Waals surface area contributed by atoms with Crippen LogP contribution >= 0.6 is 12.2 Å². The fourth-order valence-electron chi connectivity index (χ4n) is 3.31. The maximum absolute atomic E-state index is 5.72. The van der Waals surface area contributed by atoms with Gasteiger partial charge in [-0.25, -0.2) is 0 Å². The van der Waals surface area contributed by atoms with E-state index in [4.69, 9.17) is 22.7 Å². The number of hydrogen-bond acceptors (Lipinski definition) is 3. The van der Waals surface area contributed by atoms with Gasteiger partial charge in [-0.1, -0.05) is 32.1 Å². The van der Waals surface area contributed by atoms with E-state index in [1.807, 2.05) is 6.07 Å². The van der Waals surface area contributed by atoms with Gasteiger partial charge >= 0.3 is 0 Å². The molecule has 0 saturated carbocycles. The molecule has 3 atom stereocenters. The van der Waals surface area contributed by atoms with Gasteiger partial charge in [0.1, 0.15) is 10.7 Å². The van der Waals surface area contributed by atoms with Crippen LogP contribution in [0.3, 0.4) is 0 Å². The molecule has 1 aliphatic rings. The highest BCUT2D eigenvalue weighted by molar-refractivity contribution is 7.80. The van der Waals surface area contributed by atoms with Gasteiger partial charge in [0, 0.05) is 19.1 Å². The quantitative estimate of drug-likeness (QED) is 0.867. The van der Waals surface area contributed by atoms with Gasteiger partial charge in [-0.15, -0.1) is 0 Å². The summed E-state index contributed by atoms with van der Waals surface area (Å²) in [7, 11) is 1.66. The third-order valence-corrected chi connectivity index (χ3v) is 4.86. The van der Waals surface area contributed by atoms with Gasteiger partial charge in [-0.3, -0.25) is 4.90 Å². The summed E-state index contributed by atoms with van der Waals surface area (Å²) in [6.45, 7) is 9.13. The summed E-state index contributed by atoms with van der Waals surface area (Å²) in [4.78, 5) is 2.95. The topological polar surface area (TPSA) is 38.5 Å². The predicted octanol–water partition coefficient (Wildman–Crippen LogP) is 3.20. The van der Waals surface area contributed by atoms with E-state index in [-0.39, 0.29) is 0 Å². The Morgan fingerprint density at radius 3 is 2.71 bits per heavy atom. The molecule has 0 radical (unpaired) electrons. The van der Waals surface area contributed by atoms with Crippen molar-refractivity contribution in [1.29, 1.82) is 0 Å². The first-order valence-corrected chi connectivity index (χ1v) is 8.04. The zero-order chi connectivity index (χ0) is 15.6. The van der Waals surface area contributed by atoms with E-state index < -0.39 is 0 Å². The smallest absolute Gasteiger partial charge is 0.129 e. The van der Waals surface area contributed by atoms with Crippen LogP contribution in [-0.4, -0.2) is 29.6 Å². The largest absolute Gasteiger partial charge is 0.496 e. The molecule has 3 nitrogen and oxygen atoms in total. The second kappa shape index (κ2) is 6.75. The lowest BCUT2D eigenvalue weighted by Gasteiger charge is -2.41. The van der Waals surface area contributed by atoms with E-state index in [1.165, 1.54) is 12.0 Å². The Labute approximate surface area is 133 Å². The van der Waals surface area contributed by atoms with Crippen molar-refractivity contribution in [3.05, 3.63) is 29.3 Å². The van der Waals surface area contributed by atoms with Crippen LogP contribution in [0.2, 0.25) is 0 Å². The summed E-state index contributed by atoms with van der Waals surface area (Å²) < 4.78 is 5.42. The van der Waals surface area contributed by atoms with Crippen LogP contribution < -0.4 is 10.5 Å².